The van der Waals surface area contributed by atoms with Crippen LogP contribution in [0, 0.1) is 5.41 Å². The predicted molar refractivity (Wildman–Crippen MR) is 79.4 cm³/mol. The van der Waals surface area contributed by atoms with Crippen molar-refractivity contribution in [1.29, 1.82) is 0 Å². The Morgan fingerprint density at radius 3 is 2.40 bits per heavy atom. The molecule has 1 unspecified atom stereocenters. The summed E-state index contributed by atoms with van der Waals surface area (Å²) in [6.45, 7) is 9.93. The Hall–Kier alpha value is -0.490. The van der Waals surface area contributed by atoms with Gasteiger partial charge < -0.3 is 9.64 Å². The molecule has 0 N–H and O–H groups in total. The van der Waals surface area contributed by atoms with Crippen LogP contribution in [0.1, 0.15) is 47.5 Å². The first-order valence-corrected chi connectivity index (χ1v) is 9.19. The molecule has 0 aliphatic carbocycles. The molecular weight excluding hydrogens is 302 g/mol. The number of nitrogens with zero attached hydrogens (tertiary/aromatic N) is 1. The van der Waals surface area contributed by atoms with Crippen LogP contribution in [0.25, 0.3) is 0 Å². The van der Waals surface area contributed by atoms with Gasteiger partial charge in [-0.15, -0.1) is 0 Å². The first-order chi connectivity index (χ1) is 8.79. The summed E-state index contributed by atoms with van der Waals surface area (Å²) in [7, 11) is 1.69. The molecule has 0 aromatic heterocycles. The fourth-order valence-corrected chi connectivity index (χ4v) is 3.56. The van der Waals surface area contributed by atoms with Crippen molar-refractivity contribution in [3.63, 3.8) is 0 Å². The Morgan fingerprint density at radius 1 is 1.40 bits per heavy atom. The topological polar surface area (TPSA) is 63.7 Å². The smallest absolute Gasteiger partial charge is 0.410 e. The normalized spacial score (nSPS) is 23.5. The van der Waals surface area contributed by atoms with Crippen LogP contribution in [0.15, 0.2) is 0 Å². The standard InChI is InChI=1S/C13H24ClNO4S/c1-12(2,3)19-11(16)15-9-13(4,5)7-6-10(15)8-20(14,17)18/h10H,6-9H2,1-5H3. The van der Waals surface area contributed by atoms with E-state index in [1.807, 2.05) is 0 Å². The van der Waals surface area contributed by atoms with E-state index in [9.17, 15) is 13.2 Å². The molecule has 0 radical (unpaired) electrons. The molecule has 1 aliphatic rings. The lowest BCUT2D eigenvalue weighted by molar-refractivity contribution is -0.00386. The van der Waals surface area contributed by atoms with E-state index in [-0.39, 0.29) is 11.2 Å². The number of halogens is 1. The van der Waals surface area contributed by atoms with E-state index in [1.165, 1.54) is 4.90 Å². The van der Waals surface area contributed by atoms with Crippen molar-refractivity contribution >= 4 is 25.8 Å². The SMILES string of the molecule is CC1(C)CCC(CS(=O)(=O)Cl)N(C(=O)OC(C)(C)C)C1. The zero-order valence-corrected chi connectivity index (χ0v) is 14.3. The summed E-state index contributed by atoms with van der Waals surface area (Å²) in [6.07, 6.45) is 0.984. The average Bonchev–Trinajstić information content (AvgIpc) is 2.16. The number of hydrogen-bond acceptors (Lipinski definition) is 4. The Bertz CT molecular complexity index is 467. The number of carbonyl (C=O) groups is 1. The second kappa shape index (κ2) is 5.72. The van der Waals surface area contributed by atoms with Gasteiger partial charge in [0, 0.05) is 17.2 Å². The fraction of sp³-hybridized carbons (Fsp3) is 0.923. The monoisotopic (exact) mass is 325 g/mol. The summed E-state index contributed by atoms with van der Waals surface area (Å²) in [4.78, 5) is 13.8. The third-order valence-electron chi connectivity index (χ3n) is 3.21. The van der Waals surface area contributed by atoms with Gasteiger partial charge in [0.05, 0.1) is 11.8 Å². The Balaban J connectivity index is 2.90. The lowest BCUT2D eigenvalue weighted by atomic mass is 9.82. The largest absolute Gasteiger partial charge is 0.444 e. The lowest BCUT2D eigenvalue weighted by Gasteiger charge is -2.43. The molecule has 1 saturated heterocycles. The number of likely N-dealkylation sites (tertiary alicyclic amines) is 1. The highest BCUT2D eigenvalue weighted by Crippen LogP contribution is 2.33. The van der Waals surface area contributed by atoms with Crippen LogP contribution in [0.4, 0.5) is 4.79 Å². The molecule has 20 heavy (non-hydrogen) atoms. The Kier molecular flexibility index (Phi) is 5.02. The quantitative estimate of drug-likeness (QED) is 0.732. The van der Waals surface area contributed by atoms with Crippen molar-refractivity contribution in [2.75, 3.05) is 12.3 Å². The number of rotatable bonds is 2. The minimum atomic E-state index is -3.65. The van der Waals surface area contributed by atoms with E-state index in [4.69, 9.17) is 15.4 Å². The van der Waals surface area contributed by atoms with E-state index >= 15 is 0 Å². The maximum Gasteiger partial charge on any atom is 0.410 e. The molecule has 7 heteroatoms. The number of ether oxygens (including phenoxy) is 1. The van der Waals surface area contributed by atoms with Crippen LogP contribution >= 0.6 is 10.7 Å². The molecule has 1 fully saturated rings. The second-order valence-corrected chi connectivity index (χ2v) is 9.99. The average molecular weight is 326 g/mol. The third kappa shape index (κ3) is 5.87. The second-order valence-electron chi connectivity index (χ2n) is 7.17. The van der Waals surface area contributed by atoms with Gasteiger partial charge in [-0.3, -0.25) is 0 Å². The molecule has 0 bridgehead atoms. The summed E-state index contributed by atoms with van der Waals surface area (Å²) < 4.78 is 28.0. The minimum Gasteiger partial charge on any atom is -0.444 e. The molecule has 0 spiro atoms. The molecule has 1 amide bonds. The van der Waals surface area contributed by atoms with Gasteiger partial charge in [-0.25, -0.2) is 13.2 Å². The highest BCUT2D eigenvalue weighted by Gasteiger charge is 2.39. The third-order valence-corrected chi connectivity index (χ3v) is 4.37. The van der Waals surface area contributed by atoms with Crippen molar-refractivity contribution in [3.05, 3.63) is 0 Å². The summed E-state index contributed by atoms with van der Waals surface area (Å²) in [5.74, 6) is -0.232. The van der Waals surface area contributed by atoms with E-state index in [0.717, 1.165) is 6.42 Å². The summed E-state index contributed by atoms with van der Waals surface area (Å²) >= 11 is 0. The number of amides is 1. The zero-order valence-electron chi connectivity index (χ0n) is 12.8. The first-order valence-electron chi connectivity index (χ1n) is 6.71. The highest BCUT2D eigenvalue weighted by molar-refractivity contribution is 8.13. The summed E-state index contributed by atoms with van der Waals surface area (Å²) in [6, 6.07) is -0.416. The molecule has 0 aromatic carbocycles. The van der Waals surface area contributed by atoms with Crippen LogP contribution in [0.2, 0.25) is 0 Å². The zero-order chi connectivity index (χ0) is 15.8. The van der Waals surface area contributed by atoms with Gasteiger partial charge in [0.15, 0.2) is 0 Å². The van der Waals surface area contributed by atoms with Crippen molar-refractivity contribution in [2.45, 2.75) is 59.1 Å². The lowest BCUT2D eigenvalue weighted by Crippen LogP contribution is -2.53. The maximum atomic E-state index is 12.3. The summed E-state index contributed by atoms with van der Waals surface area (Å²) in [5, 5.41) is 0. The molecule has 0 aromatic rings. The van der Waals surface area contributed by atoms with Gasteiger partial charge in [-0.1, -0.05) is 13.8 Å². The molecule has 5 nitrogen and oxygen atoms in total. The van der Waals surface area contributed by atoms with Crippen molar-refractivity contribution in [3.8, 4) is 0 Å². The minimum absolute atomic E-state index is 0.0521. The molecule has 1 atom stereocenters. The Labute approximate surface area is 126 Å². The number of piperidine rings is 1. The number of carbonyl (C=O) groups excluding carboxylic acids is 1. The van der Waals surface area contributed by atoms with Gasteiger partial charge in [-0.05, 0) is 39.0 Å². The van der Waals surface area contributed by atoms with E-state index in [1.54, 1.807) is 20.8 Å². The predicted octanol–water partition coefficient (Wildman–Crippen LogP) is 2.98. The fourth-order valence-electron chi connectivity index (χ4n) is 2.32. The van der Waals surface area contributed by atoms with E-state index in [0.29, 0.717) is 13.0 Å². The number of hydrogen-bond donors (Lipinski definition) is 0. The molecule has 1 rings (SSSR count). The van der Waals surface area contributed by atoms with Crippen LogP contribution in [0.3, 0.4) is 0 Å². The van der Waals surface area contributed by atoms with Gasteiger partial charge >= 0.3 is 6.09 Å². The molecule has 118 valence electrons. The van der Waals surface area contributed by atoms with Crippen molar-refractivity contribution < 1.29 is 17.9 Å². The van der Waals surface area contributed by atoms with E-state index in [2.05, 4.69) is 13.8 Å². The van der Waals surface area contributed by atoms with Crippen molar-refractivity contribution in [2.24, 2.45) is 5.41 Å². The maximum absolute atomic E-state index is 12.3. The van der Waals surface area contributed by atoms with Crippen LogP contribution in [-0.4, -0.2) is 43.4 Å². The van der Waals surface area contributed by atoms with Gasteiger partial charge in [0.1, 0.15) is 5.60 Å². The summed E-state index contributed by atoms with van der Waals surface area (Å²) in [5.41, 5.74) is -0.660. The Morgan fingerprint density at radius 2 is 1.95 bits per heavy atom. The molecular formula is C13H24ClNO4S. The van der Waals surface area contributed by atoms with Crippen LogP contribution in [0.5, 0.6) is 0 Å². The van der Waals surface area contributed by atoms with Crippen LogP contribution in [-0.2, 0) is 13.8 Å². The first kappa shape index (κ1) is 17.6. The molecule has 1 heterocycles. The molecule has 0 saturated carbocycles. The highest BCUT2D eigenvalue weighted by atomic mass is 35.7. The molecule has 1 aliphatic heterocycles. The van der Waals surface area contributed by atoms with Crippen molar-refractivity contribution in [1.82, 2.24) is 4.90 Å². The van der Waals surface area contributed by atoms with Gasteiger partial charge in [0.2, 0.25) is 9.05 Å². The van der Waals surface area contributed by atoms with Gasteiger partial charge in [0.25, 0.3) is 0 Å². The van der Waals surface area contributed by atoms with Crippen LogP contribution < -0.4 is 0 Å². The van der Waals surface area contributed by atoms with E-state index < -0.39 is 26.8 Å². The van der Waals surface area contributed by atoms with Gasteiger partial charge in [-0.2, -0.15) is 0 Å².